The fourth-order valence-corrected chi connectivity index (χ4v) is 3.13. The first-order valence-electron chi connectivity index (χ1n) is 6.03. The lowest BCUT2D eigenvalue weighted by molar-refractivity contribution is 0.681. The molecule has 0 saturated heterocycles. The van der Waals surface area contributed by atoms with Gasteiger partial charge in [-0.2, -0.15) is 0 Å². The molecule has 0 bridgehead atoms. The van der Waals surface area contributed by atoms with E-state index in [1.165, 1.54) is 5.56 Å². The Hall–Kier alpha value is -0.740. The van der Waals surface area contributed by atoms with Gasteiger partial charge in [0.25, 0.3) is 0 Å². The molecule has 0 aliphatic rings. The number of hydrogen-bond acceptors (Lipinski definition) is 1. The average molecular weight is 372 g/mol. The van der Waals surface area contributed by atoms with Crippen LogP contribution in [0.5, 0.6) is 0 Å². The van der Waals surface area contributed by atoms with E-state index < -0.39 is 0 Å². The van der Waals surface area contributed by atoms with Crippen LogP contribution < -0.4 is 5.32 Å². The van der Waals surface area contributed by atoms with Crippen molar-refractivity contribution in [3.63, 3.8) is 0 Å². The van der Waals surface area contributed by atoms with Crippen molar-refractivity contribution >= 4 is 37.5 Å². The van der Waals surface area contributed by atoms with Gasteiger partial charge in [-0.1, -0.05) is 13.0 Å². The maximum atomic E-state index is 3.55. The zero-order valence-electron chi connectivity index (χ0n) is 10.3. The number of hydrogen-bond donors (Lipinski definition) is 1. The van der Waals surface area contributed by atoms with Crippen molar-refractivity contribution in [1.82, 2.24) is 4.57 Å². The first-order chi connectivity index (χ1) is 8.70. The van der Waals surface area contributed by atoms with Gasteiger partial charge in [0.15, 0.2) is 0 Å². The monoisotopic (exact) mass is 370 g/mol. The molecule has 1 heterocycles. The summed E-state index contributed by atoms with van der Waals surface area (Å²) < 4.78 is 4.38. The number of aromatic nitrogens is 1. The van der Waals surface area contributed by atoms with Crippen LogP contribution in [0.15, 0.2) is 45.6 Å². The summed E-state index contributed by atoms with van der Waals surface area (Å²) >= 11 is 7.11. The summed E-state index contributed by atoms with van der Waals surface area (Å²) in [6, 6.07) is 8.25. The van der Waals surface area contributed by atoms with E-state index in [-0.39, 0.29) is 0 Å². The molecular formula is C14H16Br2N2. The Morgan fingerprint density at radius 3 is 2.56 bits per heavy atom. The van der Waals surface area contributed by atoms with Crippen molar-refractivity contribution in [1.29, 1.82) is 0 Å². The highest BCUT2D eigenvalue weighted by Crippen LogP contribution is 2.30. The highest BCUT2D eigenvalue weighted by molar-refractivity contribution is 9.11. The Morgan fingerprint density at radius 1 is 1.17 bits per heavy atom. The zero-order valence-corrected chi connectivity index (χ0v) is 13.5. The van der Waals surface area contributed by atoms with Gasteiger partial charge >= 0.3 is 0 Å². The molecule has 0 atom stereocenters. The van der Waals surface area contributed by atoms with Crippen molar-refractivity contribution in [2.75, 3.05) is 5.32 Å². The van der Waals surface area contributed by atoms with Crippen LogP contribution in [0.2, 0.25) is 0 Å². The Kier molecular flexibility index (Phi) is 4.89. The van der Waals surface area contributed by atoms with Crippen LogP contribution in [-0.2, 0) is 13.1 Å². The average Bonchev–Trinajstić information content (AvgIpc) is 2.77. The van der Waals surface area contributed by atoms with Gasteiger partial charge in [0.1, 0.15) is 0 Å². The molecule has 0 aliphatic carbocycles. The summed E-state index contributed by atoms with van der Waals surface area (Å²) in [4.78, 5) is 0. The van der Waals surface area contributed by atoms with E-state index in [0.29, 0.717) is 0 Å². The second kappa shape index (κ2) is 6.43. The van der Waals surface area contributed by atoms with Crippen LogP contribution in [-0.4, -0.2) is 4.57 Å². The van der Waals surface area contributed by atoms with E-state index in [9.17, 15) is 0 Å². The van der Waals surface area contributed by atoms with Crippen LogP contribution in [0.4, 0.5) is 5.69 Å². The molecule has 0 fully saturated rings. The molecule has 2 nitrogen and oxygen atoms in total. The molecule has 0 saturated carbocycles. The molecule has 18 heavy (non-hydrogen) atoms. The molecule has 1 N–H and O–H groups in total. The van der Waals surface area contributed by atoms with E-state index >= 15 is 0 Å². The van der Waals surface area contributed by atoms with Gasteiger partial charge in [-0.15, -0.1) is 0 Å². The summed E-state index contributed by atoms with van der Waals surface area (Å²) in [5.41, 5.74) is 2.40. The van der Waals surface area contributed by atoms with Crippen LogP contribution in [0.1, 0.15) is 18.9 Å². The SMILES string of the molecule is CCCn1ccc(CNc2c(Br)cccc2Br)c1. The van der Waals surface area contributed by atoms with E-state index in [4.69, 9.17) is 0 Å². The van der Waals surface area contributed by atoms with Crippen molar-refractivity contribution in [3.05, 3.63) is 51.2 Å². The number of nitrogens with one attached hydrogen (secondary N) is 1. The summed E-state index contributed by atoms with van der Waals surface area (Å²) in [6.45, 7) is 4.10. The Morgan fingerprint density at radius 2 is 1.89 bits per heavy atom. The van der Waals surface area contributed by atoms with Gasteiger partial charge < -0.3 is 9.88 Å². The Bertz CT molecular complexity index is 500. The minimum absolute atomic E-state index is 0.831. The molecule has 0 radical (unpaired) electrons. The third-order valence-electron chi connectivity index (χ3n) is 2.73. The van der Waals surface area contributed by atoms with E-state index in [2.05, 4.69) is 67.1 Å². The number of benzene rings is 1. The van der Waals surface area contributed by atoms with Crippen LogP contribution in [0, 0.1) is 0 Å². The number of halogens is 2. The topological polar surface area (TPSA) is 17.0 Å². The number of nitrogens with zero attached hydrogens (tertiary/aromatic N) is 1. The standard InChI is InChI=1S/C14H16Br2N2/c1-2-7-18-8-6-11(10-18)9-17-14-12(15)4-3-5-13(14)16/h3-6,8,10,17H,2,7,9H2,1H3. The molecule has 0 amide bonds. The molecule has 2 aromatic rings. The molecule has 4 heteroatoms. The number of anilines is 1. The van der Waals surface area contributed by atoms with Gasteiger partial charge in [-0.25, -0.2) is 0 Å². The minimum Gasteiger partial charge on any atom is -0.379 e. The summed E-state index contributed by atoms with van der Waals surface area (Å²) in [7, 11) is 0. The molecule has 0 spiro atoms. The van der Waals surface area contributed by atoms with Gasteiger partial charge in [-0.05, 0) is 62.0 Å². The molecule has 1 aromatic carbocycles. The predicted molar refractivity (Wildman–Crippen MR) is 83.9 cm³/mol. The molecule has 0 unspecified atom stereocenters. The first-order valence-corrected chi connectivity index (χ1v) is 7.62. The quantitative estimate of drug-likeness (QED) is 0.779. The molecule has 0 aliphatic heterocycles. The van der Waals surface area contributed by atoms with Gasteiger partial charge in [0.2, 0.25) is 0 Å². The zero-order chi connectivity index (χ0) is 13.0. The van der Waals surface area contributed by atoms with Gasteiger partial charge in [0.05, 0.1) is 5.69 Å². The predicted octanol–water partition coefficient (Wildman–Crippen LogP) is 5.04. The van der Waals surface area contributed by atoms with Crippen LogP contribution in [0.25, 0.3) is 0 Å². The van der Waals surface area contributed by atoms with Crippen LogP contribution in [0.3, 0.4) is 0 Å². The first kappa shape index (κ1) is 13.7. The Balaban J connectivity index is 2.02. The second-order valence-electron chi connectivity index (χ2n) is 4.21. The molecule has 1 aromatic heterocycles. The fraction of sp³-hybridized carbons (Fsp3) is 0.286. The third kappa shape index (κ3) is 3.39. The summed E-state index contributed by atoms with van der Waals surface area (Å²) in [5.74, 6) is 0. The number of para-hydroxylation sites is 1. The van der Waals surface area contributed by atoms with Crippen LogP contribution >= 0.6 is 31.9 Å². The highest BCUT2D eigenvalue weighted by atomic mass is 79.9. The lowest BCUT2D eigenvalue weighted by Gasteiger charge is -2.09. The third-order valence-corrected chi connectivity index (χ3v) is 4.05. The fourth-order valence-electron chi connectivity index (χ4n) is 1.85. The van der Waals surface area contributed by atoms with Crippen molar-refractivity contribution < 1.29 is 0 Å². The molecular weight excluding hydrogens is 356 g/mol. The Labute approximate surface area is 125 Å². The lowest BCUT2D eigenvalue weighted by Crippen LogP contribution is -2.00. The van der Waals surface area contributed by atoms with E-state index in [1.807, 2.05) is 18.2 Å². The van der Waals surface area contributed by atoms with Crippen molar-refractivity contribution in [3.8, 4) is 0 Å². The maximum absolute atomic E-state index is 3.55. The number of rotatable bonds is 5. The lowest BCUT2D eigenvalue weighted by atomic mass is 10.3. The van der Waals surface area contributed by atoms with E-state index in [0.717, 1.165) is 34.1 Å². The largest absolute Gasteiger partial charge is 0.379 e. The van der Waals surface area contributed by atoms with E-state index in [1.54, 1.807) is 0 Å². The number of aryl methyl sites for hydroxylation is 1. The summed E-state index contributed by atoms with van der Waals surface area (Å²) in [6.07, 6.45) is 5.49. The minimum atomic E-state index is 0.831. The van der Waals surface area contributed by atoms with Crippen molar-refractivity contribution in [2.24, 2.45) is 0 Å². The van der Waals surface area contributed by atoms with Crippen molar-refractivity contribution in [2.45, 2.75) is 26.4 Å². The molecule has 2 rings (SSSR count). The highest BCUT2D eigenvalue weighted by Gasteiger charge is 2.04. The second-order valence-corrected chi connectivity index (χ2v) is 5.92. The smallest absolute Gasteiger partial charge is 0.0631 e. The van der Waals surface area contributed by atoms with Gasteiger partial charge in [0, 0.05) is 34.4 Å². The maximum Gasteiger partial charge on any atom is 0.0631 e. The summed E-state index contributed by atoms with van der Waals surface area (Å²) in [5, 5.41) is 3.45. The molecule has 96 valence electrons. The van der Waals surface area contributed by atoms with Gasteiger partial charge in [-0.3, -0.25) is 0 Å². The normalized spacial score (nSPS) is 10.6.